The Bertz CT molecular complexity index is 710. The summed E-state index contributed by atoms with van der Waals surface area (Å²) in [6.45, 7) is 1.64. The van der Waals surface area contributed by atoms with Gasteiger partial charge < -0.3 is 20.1 Å². The molecular weight excluding hydrogens is 330 g/mol. The Balaban J connectivity index is 1.57. The van der Waals surface area contributed by atoms with E-state index in [1.807, 2.05) is 18.2 Å². The molecule has 2 N–H and O–H groups in total. The molecule has 1 aromatic carbocycles. The van der Waals surface area contributed by atoms with Crippen molar-refractivity contribution in [1.82, 2.24) is 10.3 Å². The predicted octanol–water partition coefficient (Wildman–Crippen LogP) is 3.26. The summed E-state index contributed by atoms with van der Waals surface area (Å²) in [6.07, 6.45) is 3.19. The number of rotatable bonds is 4. The average molecular weight is 348 g/mol. The molecule has 7 heteroatoms. The predicted molar refractivity (Wildman–Crippen MR) is 92.0 cm³/mol. The first-order valence-corrected chi connectivity index (χ1v) is 8.14. The number of hydrogen-bond acceptors (Lipinski definition) is 4. The molecule has 2 aromatic rings. The smallest absolute Gasteiger partial charge is 0.319 e. The molecule has 126 valence electrons. The van der Waals surface area contributed by atoms with Crippen LogP contribution in [0.15, 0.2) is 36.5 Å². The van der Waals surface area contributed by atoms with Gasteiger partial charge in [-0.1, -0.05) is 17.7 Å². The van der Waals surface area contributed by atoms with Crippen molar-refractivity contribution in [3.63, 3.8) is 0 Å². The van der Waals surface area contributed by atoms with E-state index in [1.165, 1.54) is 0 Å². The molecule has 0 fully saturated rings. The molecule has 0 spiro atoms. The van der Waals surface area contributed by atoms with Gasteiger partial charge in [0.15, 0.2) is 11.5 Å². The number of carbonyl (C=O) groups is 1. The fourth-order valence-electron chi connectivity index (χ4n) is 2.30. The second-order valence-corrected chi connectivity index (χ2v) is 5.69. The lowest BCUT2D eigenvalue weighted by atomic mass is 10.2. The van der Waals surface area contributed by atoms with Gasteiger partial charge in [0.05, 0.1) is 23.9 Å². The minimum atomic E-state index is -0.331. The first kappa shape index (κ1) is 16.4. The van der Waals surface area contributed by atoms with Gasteiger partial charge >= 0.3 is 6.03 Å². The van der Waals surface area contributed by atoms with E-state index in [9.17, 15) is 4.79 Å². The molecule has 1 aliphatic rings. The first-order chi connectivity index (χ1) is 11.7. The Morgan fingerprint density at radius 2 is 2.00 bits per heavy atom. The number of ether oxygens (including phenoxy) is 2. The minimum Gasteiger partial charge on any atom is -0.490 e. The van der Waals surface area contributed by atoms with E-state index in [-0.39, 0.29) is 6.03 Å². The highest BCUT2D eigenvalue weighted by molar-refractivity contribution is 6.34. The van der Waals surface area contributed by atoms with Gasteiger partial charge in [0, 0.05) is 43.4 Å². The lowest BCUT2D eigenvalue weighted by molar-refractivity contribution is 0.252. The van der Waals surface area contributed by atoms with Gasteiger partial charge in [-0.3, -0.25) is 4.98 Å². The second-order valence-electron chi connectivity index (χ2n) is 5.28. The molecule has 0 saturated carbocycles. The van der Waals surface area contributed by atoms with Crippen LogP contribution in [0, 0.1) is 0 Å². The zero-order chi connectivity index (χ0) is 16.8. The Kier molecular flexibility index (Phi) is 5.38. The van der Waals surface area contributed by atoms with E-state index in [2.05, 4.69) is 15.6 Å². The van der Waals surface area contributed by atoms with Gasteiger partial charge in [-0.05, 0) is 12.1 Å². The summed E-state index contributed by atoms with van der Waals surface area (Å²) in [4.78, 5) is 16.2. The van der Waals surface area contributed by atoms with Crippen molar-refractivity contribution in [2.45, 2.75) is 12.8 Å². The molecule has 24 heavy (non-hydrogen) atoms. The van der Waals surface area contributed by atoms with Gasteiger partial charge in [-0.2, -0.15) is 0 Å². The summed E-state index contributed by atoms with van der Waals surface area (Å²) >= 11 is 6.20. The lowest BCUT2D eigenvalue weighted by Crippen LogP contribution is -2.30. The number of halogens is 1. The fourth-order valence-corrected chi connectivity index (χ4v) is 2.50. The van der Waals surface area contributed by atoms with E-state index in [0.717, 1.165) is 12.1 Å². The van der Waals surface area contributed by atoms with Crippen LogP contribution in [0.5, 0.6) is 11.5 Å². The SMILES string of the molecule is O=C(NCCc1ccccn1)Nc1cc2c(cc1Cl)OCCCO2. The number of pyridine rings is 1. The number of nitrogens with one attached hydrogen (secondary N) is 2. The Morgan fingerprint density at radius 3 is 2.75 bits per heavy atom. The second kappa shape index (κ2) is 7.88. The molecule has 0 aliphatic carbocycles. The van der Waals surface area contributed by atoms with Crippen molar-refractivity contribution in [1.29, 1.82) is 0 Å². The minimum absolute atomic E-state index is 0.331. The van der Waals surface area contributed by atoms with Crippen LogP contribution in [-0.4, -0.2) is 30.8 Å². The number of urea groups is 1. The highest BCUT2D eigenvalue weighted by Crippen LogP contribution is 2.37. The number of benzene rings is 1. The van der Waals surface area contributed by atoms with E-state index < -0.39 is 0 Å². The number of amides is 2. The van der Waals surface area contributed by atoms with E-state index >= 15 is 0 Å². The Labute approximate surface area is 145 Å². The monoisotopic (exact) mass is 347 g/mol. The standard InChI is InChI=1S/C17H18ClN3O3/c18-13-10-15-16(24-9-3-8-23-15)11-14(13)21-17(22)20-7-5-12-4-1-2-6-19-12/h1-2,4,6,10-11H,3,5,7-9H2,(H2,20,21,22). The van der Waals surface area contributed by atoms with Crippen LogP contribution in [0.3, 0.4) is 0 Å². The van der Waals surface area contributed by atoms with Gasteiger partial charge in [0.1, 0.15) is 0 Å². The van der Waals surface area contributed by atoms with Crippen LogP contribution < -0.4 is 20.1 Å². The average Bonchev–Trinajstić information content (AvgIpc) is 2.81. The first-order valence-electron chi connectivity index (χ1n) is 7.76. The zero-order valence-electron chi connectivity index (χ0n) is 13.0. The maximum absolute atomic E-state index is 12.0. The summed E-state index contributed by atoms with van der Waals surface area (Å²) in [5.41, 5.74) is 1.41. The number of nitrogens with zero attached hydrogens (tertiary/aromatic N) is 1. The number of anilines is 1. The van der Waals surface area contributed by atoms with Crippen LogP contribution in [0.25, 0.3) is 0 Å². The van der Waals surface area contributed by atoms with Gasteiger partial charge in [0.25, 0.3) is 0 Å². The fraction of sp³-hybridized carbons (Fsp3) is 0.294. The topological polar surface area (TPSA) is 72.5 Å². The molecule has 2 amide bonds. The molecule has 0 atom stereocenters. The number of hydrogen-bond donors (Lipinski definition) is 2. The van der Waals surface area contributed by atoms with Crippen molar-refractivity contribution in [2.24, 2.45) is 0 Å². The van der Waals surface area contributed by atoms with Crippen molar-refractivity contribution in [3.8, 4) is 11.5 Å². The maximum atomic E-state index is 12.0. The largest absolute Gasteiger partial charge is 0.490 e. The normalized spacial score (nSPS) is 13.0. The van der Waals surface area contributed by atoms with Crippen LogP contribution in [0.1, 0.15) is 12.1 Å². The molecule has 0 unspecified atom stereocenters. The van der Waals surface area contributed by atoms with Crippen molar-refractivity contribution >= 4 is 23.3 Å². The Hall–Kier alpha value is -2.47. The van der Waals surface area contributed by atoms with Crippen LogP contribution in [0.2, 0.25) is 5.02 Å². The molecule has 6 nitrogen and oxygen atoms in total. The molecular formula is C17H18ClN3O3. The summed E-state index contributed by atoms with van der Waals surface area (Å²) in [5, 5.41) is 5.91. The number of aromatic nitrogens is 1. The van der Waals surface area contributed by atoms with Crippen LogP contribution >= 0.6 is 11.6 Å². The number of fused-ring (bicyclic) bond motifs is 1. The Morgan fingerprint density at radius 1 is 1.21 bits per heavy atom. The molecule has 2 heterocycles. The third kappa shape index (κ3) is 4.29. The zero-order valence-corrected chi connectivity index (χ0v) is 13.8. The number of carbonyl (C=O) groups excluding carboxylic acids is 1. The molecule has 3 rings (SSSR count). The lowest BCUT2D eigenvalue weighted by Gasteiger charge is -2.13. The van der Waals surface area contributed by atoms with Crippen molar-refractivity contribution < 1.29 is 14.3 Å². The van der Waals surface area contributed by atoms with E-state index in [4.69, 9.17) is 21.1 Å². The molecule has 1 aliphatic heterocycles. The molecule has 0 bridgehead atoms. The summed E-state index contributed by atoms with van der Waals surface area (Å²) < 4.78 is 11.2. The summed E-state index contributed by atoms with van der Waals surface area (Å²) in [7, 11) is 0. The van der Waals surface area contributed by atoms with Gasteiger partial charge in [-0.25, -0.2) is 4.79 Å². The summed E-state index contributed by atoms with van der Waals surface area (Å²) in [5.74, 6) is 1.18. The van der Waals surface area contributed by atoms with E-state index in [0.29, 0.717) is 48.4 Å². The molecule has 0 radical (unpaired) electrons. The maximum Gasteiger partial charge on any atom is 0.319 e. The van der Waals surface area contributed by atoms with E-state index in [1.54, 1.807) is 18.3 Å². The van der Waals surface area contributed by atoms with Crippen molar-refractivity contribution in [3.05, 3.63) is 47.2 Å². The van der Waals surface area contributed by atoms with Gasteiger partial charge in [0.2, 0.25) is 0 Å². The van der Waals surface area contributed by atoms with Crippen molar-refractivity contribution in [2.75, 3.05) is 25.1 Å². The third-order valence-electron chi connectivity index (χ3n) is 3.48. The van der Waals surface area contributed by atoms with Gasteiger partial charge in [-0.15, -0.1) is 0 Å². The highest BCUT2D eigenvalue weighted by atomic mass is 35.5. The van der Waals surface area contributed by atoms with Crippen LogP contribution in [-0.2, 0) is 6.42 Å². The summed E-state index contributed by atoms with van der Waals surface area (Å²) in [6, 6.07) is 8.70. The molecule has 0 saturated heterocycles. The highest BCUT2D eigenvalue weighted by Gasteiger charge is 2.15. The van der Waals surface area contributed by atoms with Crippen LogP contribution in [0.4, 0.5) is 10.5 Å². The molecule has 1 aromatic heterocycles. The quantitative estimate of drug-likeness (QED) is 0.890. The third-order valence-corrected chi connectivity index (χ3v) is 3.79.